The Hall–Kier alpha value is -1.28. The number of benzene rings is 1. The molecule has 17 heavy (non-hydrogen) atoms. The highest BCUT2D eigenvalue weighted by atomic mass is 32.2. The van der Waals surface area contributed by atoms with E-state index in [1.165, 1.54) is 6.92 Å². The second-order valence-corrected chi connectivity index (χ2v) is 5.52. The Bertz CT molecular complexity index is 519. The summed E-state index contributed by atoms with van der Waals surface area (Å²) in [5.74, 6) is -4.71. The Kier molecular flexibility index (Phi) is 3.99. The highest BCUT2D eigenvalue weighted by Crippen LogP contribution is 2.21. The van der Waals surface area contributed by atoms with Gasteiger partial charge in [0.2, 0.25) is 10.0 Å². The second-order valence-electron chi connectivity index (χ2n) is 3.42. The first kappa shape index (κ1) is 13.8. The van der Waals surface area contributed by atoms with Crippen molar-refractivity contribution >= 4 is 15.7 Å². The van der Waals surface area contributed by atoms with Crippen LogP contribution in [0.3, 0.4) is 0 Å². The minimum absolute atomic E-state index is 0.180. The largest absolute Gasteiger partial charge is 0.329 e. The number of nitrogens with one attached hydrogen (secondary N) is 1. The summed E-state index contributed by atoms with van der Waals surface area (Å²) in [6.07, 6.45) is 0. The molecule has 96 valence electrons. The van der Waals surface area contributed by atoms with E-state index in [1.54, 1.807) is 0 Å². The smallest absolute Gasteiger partial charge is 0.236 e. The van der Waals surface area contributed by atoms with Crippen molar-refractivity contribution < 1.29 is 21.6 Å². The minimum atomic E-state index is -3.92. The Morgan fingerprint density at radius 3 is 2.41 bits per heavy atom. The molecule has 0 aromatic heterocycles. The Morgan fingerprint density at radius 1 is 1.29 bits per heavy atom. The van der Waals surface area contributed by atoms with Crippen molar-refractivity contribution in [3.8, 4) is 0 Å². The van der Waals surface area contributed by atoms with Gasteiger partial charge in [0, 0.05) is 6.54 Å². The highest BCUT2D eigenvalue weighted by Gasteiger charge is 2.22. The zero-order valence-corrected chi connectivity index (χ0v) is 9.69. The molecule has 0 radical (unpaired) electrons. The van der Waals surface area contributed by atoms with E-state index in [4.69, 9.17) is 5.73 Å². The molecule has 1 aromatic rings. The van der Waals surface area contributed by atoms with Crippen LogP contribution < -0.4 is 10.5 Å². The van der Waals surface area contributed by atoms with Crippen molar-refractivity contribution in [3.63, 3.8) is 0 Å². The third-order valence-corrected chi connectivity index (χ3v) is 3.91. The normalized spacial score (nSPS) is 13.5. The predicted molar refractivity (Wildman–Crippen MR) is 57.4 cm³/mol. The van der Waals surface area contributed by atoms with Crippen molar-refractivity contribution in [1.29, 1.82) is 0 Å². The average molecular weight is 268 g/mol. The van der Waals surface area contributed by atoms with E-state index in [9.17, 15) is 21.6 Å². The van der Waals surface area contributed by atoms with Gasteiger partial charge >= 0.3 is 0 Å². The molecule has 4 nitrogen and oxygen atoms in total. The van der Waals surface area contributed by atoms with E-state index < -0.39 is 38.4 Å². The van der Waals surface area contributed by atoms with Gasteiger partial charge in [-0.15, -0.1) is 0 Å². The van der Waals surface area contributed by atoms with Crippen LogP contribution in [0.25, 0.3) is 0 Å². The molecule has 0 spiro atoms. The summed E-state index contributed by atoms with van der Waals surface area (Å²) in [5, 5.41) is -0.977. The number of rotatable bonds is 4. The Morgan fingerprint density at radius 2 is 1.88 bits per heavy atom. The number of nitrogens with two attached hydrogens (primary N) is 1. The standard InChI is InChI=1S/C9H11F3N2O2S/c1-5(4-13)17(15,16)14-7-3-2-6(10)8(11)9(7)12/h2-3,5,14H,4,13H2,1H3. The third-order valence-electron chi connectivity index (χ3n) is 2.15. The fraction of sp³-hybridized carbons (Fsp3) is 0.333. The number of sulfonamides is 1. The summed E-state index contributed by atoms with van der Waals surface area (Å²) in [4.78, 5) is 0. The summed E-state index contributed by atoms with van der Waals surface area (Å²) in [5.41, 5.74) is 4.51. The lowest BCUT2D eigenvalue weighted by Crippen LogP contribution is -2.32. The van der Waals surface area contributed by atoms with Crippen LogP contribution in [0.5, 0.6) is 0 Å². The maximum Gasteiger partial charge on any atom is 0.236 e. The summed E-state index contributed by atoms with van der Waals surface area (Å²) in [6.45, 7) is 1.13. The summed E-state index contributed by atoms with van der Waals surface area (Å²) >= 11 is 0. The first-order chi connectivity index (χ1) is 7.79. The Balaban J connectivity index is 3.09. The molecule has 1 aromatic carbocycles. The van der Waals surface area contributed by atoms with Crippen LogP contribution in [0.2, 0.25) is 0 Å². The first-order valence-electron chi connectivity index (χ1n) is 4.64. The fourth-order valence-electron chi connectivity index (χ4n) is 0.985. The molecule has 1 atom stereocenters. The molecule has 0 aliphatic heterocycles. The first-order valence-corrected chi connectivity index (χ1v) is 6.19. The lowest BCUT2D eigenvalue weighted by molar-refractivity contribution is 0.449. The van der Waals surface area contributed by atoms with Crippen LogP contribution in [0.4, 0.5) is 18.9 Å². The van der Waals surface area contributed by atoms with Gasteiger partial charge in [-0.2, -0.15) is 0 Å². The van der Waals surface area contributed by atoms with Gasteiger partial charge in [-0.3, -0.25) is 4.72 Å². The fourth-order valence-corrected chi connectivity index (χ4v) is 1.90. The van der Waals surface area contributed by atoms with Gasteiger partial charge in [0.25, 0.3) is 0 Å². The van der Waals surface area contributed by atoms with Gasteiger partial charge in [-0.05, 0) is 19.1 Å². The number of anilines is 1. The van der Waals surface area contributed by atoms with Crippen LogP contribution in [-0.2, 0) is 10.0 Å². The zero-order chi connectivity index (χ0) is 13.2. The molecule has 0 saturated heterocycles. The lowest BCUT2D eigenvalue weighted by atomic mass is 10.3. The van der Waals surface area contributed by atoms with Crippen LogP contribution in [-0.4, -0.2) is 20.2 Å². The topological polar surface area (TPSA) is 72.2 Å². The van der Waals surface area contributed by atoms with E-state index in [0.29, 0.717) is 6.07 Å². The maximum atomic E-state index is 13.2. The lowest BCUT2D eigenvalue weighted by Gasteiger charge is -2.13. The monoisotopic (exact) mass is 268 g/mol. The third kappa shape index (κ3) is 2.89. The van der Waals surface area contributed by atoms with Crippen molar-refractivity contribution in [2.45, 2.75) is 12.2 Å². The average Bonchev–Trinajstić information content (AvgIpc) is 2.28. The molecule has 0 amide bonds. The number of hydrogen-bond donors (Lipinski definition) is 2. The van der Waals surface area contributed by atoms with Crippen LogP contribution in [0.1, 0.15) is 6.92 Å². The molecule has 0 heterocycles. The number of halogens is 3. The van der Waals surface area contributed by atoms with Crippen LogP contribution in [0, 0.1) is 17.5 Å². The van der Waals surface area contributed by atoms with Crippen molar-refractivity contribution in [3.05, 3.63) is 29.6 Å². The van der Waals surface area contributed by atoms with Gasteiger partial charge < -0.3 is 5.73 Å². The number of hydrogen-bond acceptors (Lipinski definition) is 3. The molecule has 0 aliphatic carbocycles. The molecule has 0 saturated carbocycles. The van der Waals surface area contributed by atoms with Gasteiger partial charge in [0.1, 0.15) is 0 Å². The Labute approximate surface area is 96.7 Å². The SMILES string of the molecule is CC(CN)S(=O)(=O)Nc1ccc(F)c(F)c1F. The van der Waals surface area contributed by atoms with Gasteiger partial charge in [-0.25, -0.2) is 21.6 Å². The minimum Gasteiger partial charge on any atom is -0.329 e. The van der Waals surface area contributed by atoms with Crippen molar-refractivity contribution in [2.24, 2.45) is 5.73 Å². The summed E-state index contributed by atoms with van der Waals surface area (Å²) in [6, 6.07) is 1.43. The predicted octanol–water partition coefficient (Wildman–Crippen LogP) is 1.19. The molecule has 1 rings (SSSR count). The van der Waals surface area contributed by atoms with Gasteiger partial charge in [0.05, 0.1) is 10.9 Å². The van der Waals surface area contributed by atoms with Gasteiger partial charge in [-0.1, -0.05) is 0 Å². The maximum absolute atomic E-state index is 13.2. The molecule has 0 aliphatic rings. The van der Waals surface area contributed by atoms with Crippen LogP contribution >= 0.6 is 0 Å². The van der Waals surface area contributed by atoms with Gasteiger partial charge in [0.15, 0.2) is 17.5 Å². The molecule has 3 N–H and O–H groups in total. The zero-order valence-electron chi connectivity index (χ0n) is 8.88. The van der Waals surface area contributed by atoms with E-state index in [-0.39, 0.29) is 6.54 Å². The molecule has 1 unspecified atom stereocenters. The molecular weight excluding hydrogens is 257 g/mol. The molecule has 0 fully saturated rings. The molecule has 8 heteroatoms. The van der Waals surface area contributed by atoms with Crippen molar-refractivity contribution in [1.82, 2.24) is 0 Å². The quantitative estimate of drug-likeness (QED) is 0.806. The highest BCUT2D eigenvalue weighted by molar-refractivity contribution is 7.93. The molecule has 0 bridgehead atoms. The van der Waals surface area contributed by atoms with Crippen molar-refractivity contribution in [2.75, 3.05) is 11.3 Å². The van der Waals surface area contributed by atoms with E-state index in [2.05, 4.69) is 0 Å². The van der Waals surface area contributed by atoms with E-state index in [0.717, 1.165) is 6.07 Å². The second kappa shape index (κ2) is 4.92. The van der Waals surface area contributed by atoms with E-state index >= 15 is 0 Å². The summed E-state index contributed by atoms with van der Waals surface area (Å²) in [7, 11) is -3.92. The van der Waals surface area contributed by atoms with E-state index in [1.807, 2.05) is 4.72 Å². The molecular formula is C9H11F3N2O2S. The van der Waals surface area contributed by atoms with Crippen LogP contribution in [0.15, 0.2) is 12.1 Å². The summed E-state index contributed by atoms with van der Waals surface area (Å²) < 4.78 is 63.5.